The molecular formula is C55H58ClF4N9O7. The number of aliphatic hydroxyl groups is 1. The largest absolute Gasteiger partial charge is 0.488 e. The quantitative estimate of drug-likeness (QED) is 0.0770. The Balaban J connectivity index is 0.727. The fraction of sp³-hybridized carbons (Fsp3) is 0.436. The number of imide groups is 1. The normalized spacial score (nSPS) is 21.5. The number of aliphatic hydroxyl groups excluding tert-OH is 1. The zero-order chi connectivity index (χ0) is 53.2. The van der Waals surface area contributed by atoms with Crippen LogP contribution >= 0.6 is 11.6 Å². The maximum Gasteiger partial charge on any atom is 0.329 e. The van der Waals surface area contributed by atoms with Gasteiger partial charge in [0.1, 0.15) is 35.3 Å². The molecule has 0 bridgehead atoms. The van der Waals surface area contributed by atoms with E-state index in [0.717, 1.165) is 55.9 Å². The molecule has 6 heterocycles. The third kappa shape index (κ3) is 9.19. The number of primary amides is 1. The number of benzene rings is 4. The molecule has 4 amide bonds. The average molecular weight is 1070 g/mol. The summed E-state index contributed by atoms with van der Waals surface area (Å²) in [6.07, 6.45) is 5.11. The van der Waals surface area contributed by atoms with Crippen molar-refractivity contribution in [1.29, 1.82) is 0 Å². The van der Waals surface area contributed by atoms with Gasteiger partial charge in [-0.05, 0) is 87.2 Å². The molecule has 21 heteroatoms. The van der Waals surface area contributed by atoms with Gasteiger partial charge < -0.3 is 39.8 Å². The van der Waals surface area contributed by atoms with Crippen LogP contribution in [0.4, 0.5) is 34.2 Å². The van der Waals surface area contributed by atoms with Crippen LogP contribution in [-0.4, -0.2) is 108 Å². The summed E-state index contributed by atoms with van der Waals surface area (Å²) >= 11 is 6.74. The maximum atomic E-state index is 16.5. The minimum absolute atomic E-state index is 0.0490. The minimum atomic E-state index is -1.15. The maximum absolute atomic E-state index is 16.5. The molecular weight excluding hydrogens is 1010 g/mol. The highest BCUT2D eigenvalue weighted by atomic mass is 35.5. The molecule has 0 saturated carbocycles. The third-order valence-electron chi connectivity index (χ3n) is 16.2. The number of rotatable bonds is 14. The lowest BCUT2D eigenvalue weighted by Crippen LogP contribution is -2.49. The summed E-state index contributed by atoms with van der Waals surface area (Å²) in [6.45, 7) is 5.43. The highest BCUT2D eigenvalue weighted by Gasteiger charge is 2.50. The van der Waals surface area contributed by atoms with E-state index in [1.807, 2.05) is 37.3 Å². The molecule has 0 spiro atoms. The Bertz CT molecular complexity index is 3250. The molecule has 4 aromatic carbocycles. The topological polar surface area (TPSA) is 194 Å². The zero-order valence-electron chi connectivity index (χ0n) is 42.1. The molecule has 3 atom stereocenters. The van der Waals surface area contributed by atoms with Crippen molar-refractivity contribution in [2.24, 2.45) is 18.7 Å². The first-order valence-electron chi connectivity index (χ1n) is 25.9. The van der Waals surface area contributed by atoms with E-state index in [1.165, 1.54) is 33.8 Å². The number of fused-ring (bicyclic) bond motifs is 3. The van der Waals surface area contributed by atoms with E-state index in [2.05, 4.69) is 25.5 Å². The van der Waals surface area contributed by atoms with Crippen LogP contribution in [0.2, 0.25) is 5.02 Å². The number of urea groups is 1. The molecule has 5 N–H and O–H groups in total. The first-order chi connectivity index (χ1) is 36.6. The second kappa shape index (κ2) is 20.7. The number of nitrogens with zero attached hydrogens (tertiary/aromatic N) is 6. The van der Waals surface area contributed by atoms with Crippen molar-refractivity contribution in [3.63, 3.8) is 0 Å². The number of halogens is 5. The van der Waals surface area contributed by atoms with Crippen molar-refractivity contribution in [2.75, 3.05) is 68.8 Å². The Morgan fingerprint density at radius 2 is 1.71 bits per heavy atom. The second-order valence-corrected chi connectivity index (χ2v) is 21.0. The van der Waals surface area contributed by atoms with Crippen LogP contribution in [0.15, 0.2) is 59.0 Å². The average Bonchev–Trinajstić information content (AvgIpc) is 4.18. The molecule has 1 aliphatic carbocycles. The summed E-state index contributed by atoms with van der Waals surface area (Å²) in [6, 6.07) is 14.4. The zero-order valence-corrected chi connectivity index (χ0v) is 42.8. The van der Waals surface area contributed by atoms with Gasteiger partial charge in [-0.15, -0.1) is 0 Å². The van der Waals surface area contributed by atoms with Crippen LogP contribution < -0.4 is 35.6 Å². The summed E-state index contributed by atoms with van der Waals surface area (Å²) in [5, 5.41) is 19.5. The number of nitrogens with one attached hydrogen (secondary N) is 2. The lowest BCUT2D eigenvalue weighted by atomic mass is 9.77. The van der Waals surface area contributed by atoms with Crippen LogP contribution in [0.5, 0.6) is 11.5 Å². The van der Waals surface area contributed by atoms with Crippen LogP contribution in [0.1, 0.15) is 95.8 Å². The number of hydrogen-bond acceptors (Lipinski definition) is 12. The van der Waals surface area contributed by atoms with E-state index in [1.54, 1.807) is 7.05 Å². The number of oxazole rings is 1. The van der Waals surface area contributed by atoms with Crippen LogP contribution in [0.3, 0.4) is 0 Å². The lowest BCUT2D eigenvalue weighted by Gasteiger charge is -2.37. The highest BCUT2D eigenvalue weighted by Crippen LogP contribution is 2.57. The van der Waals surface area contributed by atoms with Gasteiger partial charge in [0.05, 0.1) is 28.3 Å². The molecule has 76 heavy (non-hydrogen) atoms. The monoisotopic (exact) mass is 1070 g/mol. The molecule has 4 aliphatic heterocycles. The SMILES string of the molecule is C[C@H]1c2c(cc(F)c(Cl)c2-c2c(C(N)=O)ccc(OCCO)c2F)O[C@]1(CN[C@@H]1CCc2nc(N3CCC(CN4CCC(c5c(F)cc6c(N7CCC(=O)NC7=O)nn(C)c6c5F)CC4)CC3)oc2C1)c1ccccc1. The minimum Gasteiger partial charge on any atom is -0.488 e. The van der Waals surface area contributed by atoms with Gasteiger partial charge >= 0.3 is 6.03 Å². The van der Waals surface area contributed by atoms with E-state index in [-0.39, 0.29) is 88.6 Å². The first kappa shape index (κ1) is 51.4. The standard InChI is InChI=1S/C55H58ClF4N9O7/c1-29-43-41(26-37(58)47(56)46(43)45-34(51(61)72)9-11-39(48(45)59)74-23-22-70)76-55(29,32-6-4-3-5-7-32)28-62-33-8-10-38-40(24-33)75-54(63-38)68-19-12-30(13-20-68)27-67-17-14-31(15-18-67)44-36(57)25-35-50(49(44)60)66(2)65-52(35)69-21-16-42(71)64-53(69)73/h3-7,9,11,25-26,29-31,33,62,70H,8,10,12-24,27-28H2,1-2H3,(H2,61,72)(H,64,71,73)/t29-,33+,55-/m0/s1. The Hall–Kier alpha value is -6.74. The number of piperidine rings is 2. The second-order valence-electron chi connectivity index (χ2n) is 20.7. The van der Waals surface area contributed by atoms with Gasteiger partial charge in [-0.25, -0.2) is 22.4 Å². The Morgan fingerprint density at radius 3 is 2.43 bits per heavy atom. The van der Waals surface area contributed by atoms with Gasteiger partial charge in [-0.2, -0.15) is 10.1 Å². The van der Waals surface area contributed by atoms with Crippen molar-refractivity contribution in [2.45, 2.75) is 81.8 Å². The number of anilines is 2. The lowest BCUT2D eigenvalue weighted by molar-refractivity contribution is -0.120. The van der Waals surface area contributed by atoms with Crippen molar-refractivity contribution < 1.29 is 50.9 Å². The summed E-state index contributed by atoms with van der Waals surface area (Å²) in [5.41, 5.74) is 6.28. The molecule has 11 rings (SSSR count). The van der Waals surface area contributed by atoms with Gasteiger partial charge in [0.25, 0.3) is 6.01 Å². The van der Waals surface area contributed by atoms with Crippen molar-refractivity contribution in [3.8, 4) is 22.6 Å². The molecule has 0 radical (unpaired) electrons. The molecule has 6 aromatic rings. The molecule has 0 unspecified atom stereocenters. The van der Waals surface area contributed by atoms with Crippen molar-refractivity contribution in [1.82, 2.24) is 30.3 Å². The number of amides is 4. The van der Waals surface area contributed by atoms with Gasteiger partial charge in [-0.3, -0.25) is 24.5 Å². The Morgan fingerprint density at radius 1 is 0.947 bits per heavy atom. The molecule has 16 nitrogen and oxygen atoms in total. The fourth-order valence-electron chi connectivity index (χ4n) is 12.2. The first-order valence-corrected chi connectivity index (χ1v) is 26.3. The predicted octanol–water partition coefficient (Wildman–Crippen LogP) is 7.99. The molecule has 2 aromatic heterocycles. The summed E-state index contributed by atoms with van der Waals surface area (Å²) in [7, 11) is 1.57. The van der Waals surface area contributed by atoms with Crippen LogP contribution in [0.25, 0.3) is 22.0 Å². The van der Waals surface area contributed by atoms with E-state index in [9.17, 15) is 19.5 Å². The smallest absolute Gasteiger partial charge is 0.329 e. The number of aromatic nitrogens is 3. The number of nitrogens with two attached hydrogens (primary N) is 1. The Labute approximate surface area is 440 Å². The summed E-state index contributed by atoms with van der Waals surface area (Å²) in [4.78, 5) is 47.9. The fourth-order valence-corrected chi connectivity index (χ4v) is 12.5. The Kier molecular flexibility index (Phi) is 14.0. The number of hydrogen-bond donors (Lipinski definition) is 4. The number of aryl methyl sites for hydroxylation is 2. The summed E-state index contributed by atoms with van der Waals surface area (Å²) in [5.74, 6) is -4.23. The highest BCUT2D eigenvalue weighted by molar-refractivity contribution is 6.34. The summed E-state index contributed by atoms with van der Waals surface area (Å²) < 4.78 is 84.7. The van der Waals surface area contributed by atoms with Gasteiger partial charge in [0.2, 0.25) is 11.8 Å². The number of likely N-dealkylation sites (tertiary alicyclic amines) is 1. The van der Waals surface area contributed by atoms with Gasteiger partial charge in [0.15, 0.2) is 28.8 Å². The van der Waals surface area contributed by atoms with E-state index in [4.69, 9.17) is 36.2 Å². The van der Waals surface area contributed by atoms with E-state index < -0.39 is 64.3 Å². The third-order valence-corrected chi connectivity index (χ3v) is 16.6. The van der Waals surface area contributed by atoms with Gasteiger partial charge in [-0.1, -0.05) is 48.9 Å². The molecule has 400 valence electrons. The van der Waals surface area contributed by atoms with Gasteiger partial charge in [0, 0.05) is 92.9 Å². The predicted molar refractivity (Wildman–Crippen MR) is 275 cm³/mol. The molecule has 3 saturated heterocycles. The number of carbonyl (C=O) groups excluding carboxylic acids is 3. The molecule has 3 fully saturated rings. The number of ether oxygens (including phenoxy) is 2. The van der Waals surface area contributed by atoms with Crippen LogP contribution in [0, 0.1) is 29.2 Å². The number of carbonyl (C=O) groups is 3. The van der Waals surface area contributed by atoms with Crippen LogP contribution in [-0.2, 0) is 30.3 Å². The van der Waals surface area contributed by atoms with E-state index in [0.29, 0.717) is 56.3 Å². The van der Waals surface area contributed by atoms with E-state index >= 15 is 17.6 Å². The van der Waals surface area contributed by atoms with Crippen molar-refractivity contribution >= 4 is 52.2 Å². The van der Waals surface area contributed by atoms with Crippen molar-refractivity contribution in [3.05, 3.63) is 117 Å². The molecule has 5 aliphatic rings.